The highest BCUT2D eigenvalue weighted by Gasteiger charge is 2.27. The zero-order valence-corrected chi connectivity index (χ0v) is 47.1. The molecular weight excluding hydrogens is 900 g/mol. The van der Waals surface area contributed by atoms with Crippen LogP contribution < -0.4 is 5.32 Å². The van der Waals surface area contributed by atoms with Gasteiger partial charge in [-0.3, -0.25) is 13.8 Å². The van der Waals surface area contributed by atoms with Crippen LogP contribution in [0.4, 0.5) is 0 Å². The number of phosphoric ester groups is 1. The molecule has 8 nitrogen and oxygen atoms in total. The highest BCUT2D eigenvalue weighted by atomic mass is 31.2. The van der Waals surface area contributed by atoms with Crippen molar-refractivity contribution in [2.24, 2.45) is 0 Å². The molecule has 0 aromatic rings. The van der Waals surface area contributed by atoms with Gasteiger partial charge in [0.25, 0.3) is 0 Å². The molecule has 3 atom stereocenters. The Kier molecular flexibility index (Phi) is 49.5. The maximum Gasteiger partial charge on any atom is 0.472 e. The number of quaternary nitrogens is 1. The van der Waals surface area contributed by atoms with Crippen LogP contribution in [0, 0.1) is 0 Å². The lowest BCUT2D eigenvalue weighted by atomic mass is 10.0. The van der Waals surface area contributed by atoms with Gasteiger partial charge in [0.05, 0.1) is 39.9 Å². The van der Waals surface area contributed by atoms with E-state index in [-0.39, 0.29) is 19.1 Å². The molecule has 0 aromatic carbocycles. The first-order valence-corrected chi connectivity index (χ1v) is 29.9. The van der Waals surface area contributed by atoms with E-state index in [1.807, 2.05) is 27.2 Å². The monoisotopic (exact) mass is 1010 g/mol. The van der Waals surface area contributed by atoms with Gasteiger partial charge < -0.3 is 19.8 Å². The van der Waals surface area contributed by atoms with Crippen LogP contribution >= 0.6 is 7.82 Å². The van der Waals surface area contributed by atoms with Crippen LogP contribution in [-0.2, 0) is 18.4 Å². The molecule has 0 heterocycles. The molecule has 0 spiro atoms. The highest BCUT2D eigenvalue weighted by Crippen LogP contribution is 2.43. The van der Waals surface area contributed by atoms with Gasteiger partial charge in [-0.15, -0.1) is 0 Å². The first kappa shape index (κ1) is 67.9. The molecule has 3 unspecified atom stereocenters. The lowest BCUT2D eigenvalue weighted by Gasteiger charge is -2.25. The van der Waals surface area contributed by atoms with E-state index >= 15 is 0 Å². The summed E-state index contributed by atoms with van der Waals surface area (Å²) in [6.45, 7) is 4.58. The SMILES string of the molecule is CC/C=C\C/C=C\C/C=C\C/C=C\C/C=C\C/C=C\C/C=C\C/C=C\CCCCCCCCCCCCCCCCCCC(=O)NC(COP(=O)(O)OCC[N+](C)(C)C)C(O)/C=C/CC/C=C/CCCC. The number of carbonyl (C=O) groups excluding carboxylic acids is 1. The van der Waals surface area contributed by atoms with Crippen molar-refractivity contribution in [1.29, 1.82) is 0 Å². The zero-order chi connectivity index (χ0) is 52.0. The Balaban J connectivity index is 3.90. The largest absolute Gasteiger partial charge is 0.472 e. The Bertz CT molecular complexity index is 1560. The normalized spacial score (nSPS) is 14.9. The number of allylic oxidation sites excluding steroid dienone is 19. The van der Waals surface area contributed by atoms with Gasteiger partial charge in [-0.2, -0.15) is 0 Å². The average Bonchev–Trinajstić information content (AvgIpc) is 3.33. The Morgan fingerprint density at radius 1 is 0.493 bits per heavy atom. The van der Waals surface area contributed by atoms with Crippen molar-refractivity contribution in [1.82, 2.24) is 5.32 Å². The molecule has 71 heavy (non-hydrogen) atoms. The second-order valence-electron chi connectivity index (χ2n) is 19.9. The van der Waals surface area contributed by atoms with E-state index in [1.165, 1.54) is 103 Å². The first-order chi connectivity index (χ1) is 34.5. The number of nitrogens with one attached hydrogen (secondary N) is 1. The van der Waals surface area contributed by atoms with Gasteiger partial charge in [0.2, 0.25) is 5.91 Å². The number of carbonyl (C=O) groups is 1. The van der Waals surface area contributed by atoms with Crippen molar-refractivity contribution in [3.63, 3.8) is 0 Å². The van der Waals surface area contributed by atoms with Crippen LogP contribution in [-0.4, -0.2) is 73.4 Å². The molecule has 3 N–H and O–H groups in total. The van der Waals surface area contributed by atoms with Crippen LogP contribution in [0.2, 0.25) is 0 Å². The fourth-order valence-corrected chi connectivity index (χ4v) is 8.21. The van der Waals surface area contributed by atoms with Crippen molar-refractivity contribution in [3.05, 3.63) is 122 Å². The number of hydrogen-bond donors (Lipinski definition) is 3. The minimum Gasteiger partial charge on any atom is -0.387 e. The molecule has 0 saturated heterocycles. The quantitative estimate of drug-likeness (QED) is 0.0243. The third-order valence-corrected chi connectivity index (χ3v) is 12.9. The predicted octanol–water partition coefficient (Wildman–Crippen LogP) is 17.4. The van der Waals surface area contributed by atoms with E-state index in [1.54, 1.807) is 6.08 Å². The molecule has 0 aromatic heterocycles. The number of hydrogen-bond acceptors (Lipinski definition) is 5. The van der Waals surface area contributed by atoms with Crippen molar-refractivity contribution in [2.75, 3.05) is 40.9 Å². The van der Waals surface area contributed by atoms with Gasteiger partial charge >= 0.3 is 7.82 Å². The van der Waals surface area contributed by atoms with Crippen LogP contribution in [0.15, 0.2) is 122 Å². The molecule has 0 aliphatic carbocycles. The van der Waals surface area contributed by atoms with Crippen LogP contribution in [0.3, 0.4) is 0 Å². The molecule has 1 amide bonds. The Morgan fingerprint density at radius 2 is 0.859 bits per heavy atom. The second-order valence-corrected chi connectivity index (χ2v) is 21.4. The summed E-state index contributed by atoms with van der Waals surface area (Å²) in [6.07, 6.45) is 77.7. The Hall–Kier alpha value is -3.10. The number of amides is 1. The van der Waals surface area contributed by atoms with Gasteiger partial charge in [0.1, 0.15) is 13.2 Å². The molecule has 406 valence electrons. The van der Waals surface area contributed by atoms with Crippen LogP contribution in [0.5, 0.6) is 0 Å². The standard InChI is InChI=1S/C62H107N2O6P/c1-6-8-10-12-14-16-17-18-19-20-21-22-23-24-25-26-27-28-29-30-31-32-33-34-35-36-37-38-39-40-41-42-43-44-45-46-47-48-50-52-54-56-62(66)63-60(59-70-71(67,68)69-58-57-64(3,4)5)61(65)55-53-51-49-15-13-11-9-7-2/h8,10,13-16,18-19,21-22,24-25,27-28,30-31,33-34,53,55,60-61,65H,6-7,9,11-12,17,20,23,26,29,32,35-52,54,56-59H2,1-5H3,(H-,63,66,67,68)/p+1/b10-8-,15-13+,16-14-,19-18-,22-21-,25-24-,28-27-,31-30-,34-33-,55-53+. The smallest absolute Gasteiger partial charge is 0.387 e. The van der Waals surface area contributed by atoms with E-state index in [4.69, 9.17) is 9.05 Å². The molecule has 0 saturated carbocycles. The molecule has 0 fully saturated rings. The minimum atomic E-state index is -4.35. The topological polar surface area (TPSA) is 105 Å². The van der Waals surface area contributed by atoms with Crippen molar-refractivity contribution in [3.8, 4) is 0 Å². The number of aliphatic hydroxyl groups is 1. The fourth-order valence-electron chi connectivity index (χ4n) is 7.47. The lowest BCUT2D eigenvalue weighted by Crippen LogP contribution is -2.45. The summed E-state index contributed by atoms with van der Waals surface area (Å²) in [4.78, 5) is 23.1. The predicted molar refractivity (Wildman–Crippen MR) is 308 cm³/mol. The summed E-state index contributed by atoms with van der Waals surface area (Å²) in [7, 11) is 1.54. The third kappa shape index (κ3) is 54.5. The number of aliphatic hydroxyl groups excluding tert-OH is 1. The van der Waals surface area contributed by atoms with Gasteiger partial charge in [0, 0.05) is 6.42 Å². The third-order valence-electron chi connectivity index (χ3n) is 11.9. The fraction of sp³-hybridized carbons (Fsp3) is 0.661. The van der Waals surface area contributed by atoms with Crippen molar-refractivity contribution >= 4 is 13.7 Å². The van der Waals surface area contributed by atoms with E-state index < -0.39 is 20.0 Å². The summed E-state index contributed by atoms with van der Waals surface area (Å²) in [5.74, 6) is -0.195. The second kappa shape index (κ2) is 51.8. The lowest BCUT2D eigenvalue weighted by molar-refractivity contribution is -0.870. The number of unbranched alkanes of at least 4 members (excludes halogenated alkanes) is 19. The highest BCUT2D eigenvalue weighted by molar-refractivity contribution is 7.47. The van der Waals surface area contributed by atoms with Crippen LogP contribution in [0.25, 0.3) is 0 Å². The molecule has 0 rings (SSSR count). The number of rotatable bonds is 50. The van der Waals surface area contributed by atoms with E-state index in [0.717, 1.165) is 89.9 Å². The van der Waals surface area contributed by atoms with Crippen molar-refractivity contribution < 1.29 is 32.9 Å². The summed E-state index contributed by atoms with van der Waals surface area (Å²) < 4.78 is 23.5. The minimum absolute atomic E-state index is 0.0517. The van der Waals surface area contributed by atoms with E-state index in [0.29, 0.717) is 17.4 Å². The molecule has 0 aliphatic heterocycles. The Labute approximate surface area is 437 Å². The zero-order valence-electron chi connectivity index (χ0n) is 46.2. The summed E-state index contributed by atoms with van der Waals surface area (Å²) in [5, 5.41) is 13.7. The molecular formula is C62H108N2O6P+. The summed E-state index contributed by atoms with van der Waals surface area (Å²) in [6, 6.07) is -0.866. The number of phosphoric acid groups is 1. The van der Waals surface area contributed by atoms with Gasteiger partial charge in [-0.1, -0.05) is 238 Å². The molecule has 0 radical (unpaired) electrons. The molecule has 9 heteroatoms. The summed E-state index contributed by atoms with van der Waals surface area (Å²) >= 11 is 0. The van der Waals surface area contributed by atoms with Gasteiger partial charge in [0.15, 0.2) is 0 Å². The van der Waals surface area contributed by atoms with E-state index in [2.05, 4.69) is 129 Å². The van der Waals surface area contributed by atoms with Gasteiger partial charge in [-0.05, 0) is 89.9 Å². The van der Waals surface area contributed by atoms with E-state index in [9.17, 15) is 19.4 Å². The first-order valence-electron chi connectivity index (χ1n) is 28.4. The molecule has 0 bridgehead atoms. The number of nitrogens with zero attached hydrogens (tertiary/aromatic N) is 1. The van der Waals surface area contributed by atoms with Crippen LogP contribution in [0.1, 0.15) is 213 Å². The van der Waals surface area contributed by atoms with Gasteiger partial charge in [-0.25, -0.2) is 4.57 Å². The average molecular weight is 1010 g/mol. The maximum atomic E-state index is 12.9. The van der Waals surface area contributed by atoms with Crippen molar-refractivity contribution in [2.45, 2.75) is 225 Å². The molecule has 0 aliphatic rings. The Morgan fingerprint density at radius 3 is 1.30 bits per heavy atom. The number of likely N-dealkylation sites (N-methyl/N-ethyl adjacent to an activating group) is 1. The summed E-state index contributed by atoms with van der Waals surface area (Å²) in [5.41, 5.74) is 0. The maximum absolute atomic E-state index is 12.9.